The first-order chi connectivity index (χ1) is 12.0. The molecule has 1 aromatic carbocycles. The topological polar surface area (TPSA) is 40.6 Å². The summed E-state index contributed by atoms with van der Waals surface area (Å²) in [5.74, 6) is 0.250. The minimum Gasteiger partial charge on any atom is -0.439 e. The highest BCUT2D eigenvalue weighted by atomic mass is 19.4. The molecule has 2 heterocycles. The van der Waals surface area contributed by atoms with Gasteiger partial charge in [0.15, 0.2) is 0 Å². The monoisotopic (exact) mass is 365 g/mol. The number of pyridine rings is 1. The highest BCUT2D eigenvalue weighted by Gasteiger charge is 2.51. The summed E-state index contributed by atoms with van der Waals surface area (Å²) in [6.45, 7) is 7.85. The van der Waals surface area contributed by atoms with Gasteiger partial charge in [-0.1, -0.05) is 18.2 Å². The van der Waals surface area contributed by atoms with Crippen LogP contribution in [0, 0.1) is 0 Å². The van der Waals surface area contributed by atoms with E-state index in [-0.39, 0.29) is 5.88 Å². The van der Waals surface area contributed by atoms with Crippen LogP contribution in [0.15, 0.2) is 42.5 Å². The summed E-state index contributed by atoms with van der Waals surface area (Å²) in [7, 11) is -0.513. The molecule has 0 saturated carbocycles. The largest absolute Gasteiger partial charge is 0.494 e. The number of hydrogen-bond acceptors (Lipinski definition) is 4. The first-order valence-corrected chi connectivity index (χ1v) is 8.16. The Morgan fingerprint density at radius 3 is 2.04 bits per heavy atom. The van der Waals surface area contributed by atoms with E-state index in [1.165, 1.54) is 12.1 Å². The molecule has 4 nitrogen and oxygen atoms in total. The van der Waals surface area contributed by atoms with Crippen LogP contribution in [0.4, 0.5) is 13.2 Å². The average molecular weight is 365 g/mol. The molecule has 1 saturated heterocycles. The Hall–Kier alpha value is -2.06. The first-order valence-electron chi connectivity index (χ1n) is 8.16. The maximum absolute atomic E-state index is 12.7. The van der Waals surface area contributed by atoms with Gasteiger partial charge in [-0.25, -0.2) is 4.98 Å². The number of benzene rings is 1. The van der Waals surface area contributed by atoms with Crippen LogP contribution in [0.3, 0.4) is 0 Å². The SMILES string of the molecule is CC1(C)OB(c2ccc(Oc3cccc(C(F)(F)F)n3)cc2)OC1(C)C. The van der Waals surface area contributed by atoms with E-state index in [9.17, 15) is 13.2 Å². The molecule has 138 valence electrons. The van der Waals surface area contributed by atoms with Crippen molar-refractivity contribution in [1.29, 1.82) is 0 Å². The van der Waals surface area contributed by atoms with Crippen LogP contribution in [0.25, 0.3) is 0 Å². The molecule has 1 aromatic heterocycles. The zero-order valence-corrected chi connectivity index (χ0v) is 14.9. The molecule has 1 fully saturated rings. The Morgan fingerprint density at radius 2 is 1.50 bits per heavy atom. The fourth-order valence-electron chi connectivity index (χ4n) is 2.42. The summed E-state index contributed by atoms with van der Waals surface area (Å²) in [5.41, 5.74) is -1.10. The van der Waals surface area contributed by atoms with E-state index in [1.807, 2.05) is 27.7 Å². The second-order valence-electron chi connectivity index (χ2n) is 7.12. The van der Waals surface area contributed by atoms with Gasteiger partial charge < -0.3 is 14.0 Å². The maximum atomic E-state index is 12.7. The van der Waals surface area contributed by atoms with Crippen LogP contribution in [0.5, 0.6) is 11.6 Å². The second kappa shape index (κ2) is 6.28. The lowest BCUT2D eigenvalue weighted by molar-refractivity contribution is -0.141. The number of aromatic nitrogens is 1. The predicted octanol–water partition coefficient (Wildman–Crippen LogP) is 4.19. The molecular weight excluding hydrogens is 346 g/mol. The van der Waals surface area contributed by atoms with Crippen LogP contribution in [0.1, 0.15) is 33.4 Å². The Morgan fingerprint density at radius 1 is 0.923 bits per heavy atom. The van der Waals surface area contributed by atoms with Gasteiger partial charge in [-0.3, -0.25) is 0 Å². The summed E-state index contributed by atoms with van der Waals surface area (Å²) < 4.78 is 55.5. The molecule has 1 aliphatic heterocycles. The summed E-state index contributed by atoms with van der Waals surface area (Å²) in [4.78, 5) is 3.48. The van der Waals surface area contributed by atoms with Crippen LogP contribution in [-0.4, -0.2) is 23.3 Å². The molecule has 0 atom stereocenters. The van der Waals surface area contributed by atoms with Crippen molar-refractivity contribution in [2.24, 2.45) is 0 Å². The van der Waals surface area contributed by atoms with E-state index in [4.69, 9.17) is 14.0 Å². The molecule has 0 N–H and O–H groups in total. The smallest absolute Gasteiger partial charge is 0.439 e. The third-order valence-electron chi connectivity index (χ3n) is 4.64. The Kier molecular flexibility index (Phi) is 4.52. The predicted molar refractivity (Wildman–Crippen MR) is 91.5 cm³/mol. The van der Waals surface area contributed by atoms with E-state index >= 15 is 0 Å². The molecule has 0 spiro atoms. The number of rotatable bonds is 3. The lowest BCUT2D eigenvalue weighted by Gasteiger charge is -2.32. The minimum absolute atomic E-state index is 0.122. The van der Waals surface area contributed by atoms with Crippen molar-refractivity contribution in [3.8, 4) is 11.6 Å². The number of nitrogens with zero attached hydrogens (tertiary/aromatic N) is 1. The Labute approximate surface area is 150 Å². The molecule has 0 bridgehead atoms. The third-order valence-corrected chi connectivity index (χ3v) is 4.64. The first kappa shape index (κ1) is 18.7. The van der Waals surface area contributed by atoms with E-state index in [0.717, 1.165) is 11.5 Å². The van der Waals surface area contributed by atoms with Crippen molar-refractivity contribution >= 4 is 12.6 Å². The van der Waals surface area contributed by atoms with Crippen molar-refractivity contribution in [3.63, 3.8) is 0 Å². The van der Waals surface area contributed by atoms with Gasteiger partial charge in [-0.05, 0) is 51.4 Å². The van der Waals surface area contributed by atoms with E-state index in [0.29, 0.717) is 5.75 Å². The standard InChI is InChI=1S/C18H19BF3NO3/c1-16(2)17(3,4)26-19(25-16)12-8-10-13(11-9-12)24-15-7-5-6-14(23-15)18(20,21)22/h5-11H,1-4H3. The van der Waals surface area contributed by atoms with Gasteiger partial charge in [-0.2, -0.15) is 13.2 Å². The van der Waals surface area contributed by atoms with Crippen molar-refractivity contribution in [2.45, 2.75) is 45.1 Å². The summed E-state index contributed by atoms with van der Waals surface area (Å²) >= 11 is 0. The summed E-state index contributed by atoms with van der Waals surface area (Å²) in [6, 6.07) is 10.3. The van der Waals surface area contributed by atoms with Gasteiger partial charge in [0, 0.05) is 6.07 Å². The van der Waals surface area contributed by atoms with Gasteiger partial charge in [0.05, 0.1) is 11.2 Å². The zero-order chi connectivity index (χ0) is 19.2. The van der Waals surface area contributed by atoms with Gasteiger partial charge >= 0.3 is 13.3 Å². The number of hydrogen-bond donors (Lipinski definition) is 0. The Bertz CT molecular complexity index is 775. The van der Waals surface area contributed by atoms with Crippen molar-refractivity contribution in [1.82, 2.24) is 4.98 Å². The lowest BCUT2D eigenvalue weighted by atomic mass is 9.79. The number of alkyl halides is 3. The van der Waals surface area contributed by atoms with E-state index in [1.54, 1.807) is 24.3 Å². The molecule has 26 heavy (non-hydrogen) atoms. The van der Waals surface area contributed by atoms with Crippen molar-refractivity contribution < 1.29 is 27.2 Å². The van der Waals surface area contributed by atoms with E-state index in [2.05, 4.69) is 4.98 Å². The molecule has 0 aliphatic carbocycles. The van der Waals surface area contributed by atoms with Crippen LogP contribution in [0.2, 0.25) is 0 Å². The Balaban J connectivity index is 1.73. The molecule has 0 radical (unpaired) electrons. The average Bonchev–Trinajstić information content (AvgIpc) is 2.75. The highest BCUT2D eigenvalue weighted by molar-refractivity contribution is 6.62. The molecule has 0 amide bonds. The zero-order valence-electron chi connectivity index (χ0n) is 14.9. The van der Waals surface area contributed by atoms with Crippen molar-refractivity contribution in [2.75, 3.05) is 0 Å². The van der Waals surface area contributed by atoms with Crippen LogP contribution in [-0.2, 0) is 15.5 Å². The van der Waals surface area contributed by atoms with Gasteiger partial charge in [-0.15, -0.1) is 0 Å². The maximum Gasteiger partial charge on any atom is 0.494 e. The van der Waals surface area contributed by atoms with E-state index < -0.39 is 30.2 Å². The van der Waals surface area contributed by atoms with Crippen LogP contribution < -0.4 is 10.2 Å². The highest BCUT2D eigenvalue weighted by Crippen LogP contribution is 2.36. The van der Waals surface area contributed by atoms with Gasteiger partial charge in [0.2, 0.25) is 5.88 Å². The van der Waals surface area contributed by atoms with Gasteiger partial charge in [0.25, 0.3) is 0 Å². The number of ether oxygens (including phenoxy) is 1. The molecule has 1 aliphatic rings. The molecule has 3 rings (SSSR count). The minimum atomic E-state index is -4.51. The molecular formula is C18H19BF3NO3. The van der Waals surface area contributed by atoms with Crippen molar-refractivity contribution in [3.05, 3.63) is 48.2 Å². The normalized spacial score (nSPS) is 18.8. The lowest BCUT2D eigenvalue weighted by Crippen LogP contribution is -2.41. The third kappa shape index (κ3) is 3.71. The summed E-state index contributed by atoms with van der Waals surface area (Å²) in [6.07, 6.45) is -4.51. The second-order valence-corrected chi connectivity index (χ2v) is 7.12. The fourth-order valence-corrected chi connectivity index (χ4v) is 2.42. The van der Waals surface area contributed by atoms with Crippen LogP contribution >= 0.6 is 0 Å². The van der Waals surface area contributed by atoms with Gasteiger partial charge in [0.1, 0.15) is 11.4 Å². The quantitative estimate of drug-likeness (QED) is 0.765. The molecule has 8 heteroatoms. The molecule has 0 unspecified atom stereocenters. The fraction of sp³-hybridized carbons (Fsp3) is 0.389. The molecule has 2 aromatic rings. The summed E-state index contributed by atoms with van der Waals surface area (Å²) in [5, 5.41) is 0. The number of halogens is 3.